The smallest absolute Gasteiger partial charge is 0.389 e. The number of tetrazole rings is 1. The molecule has 0 saturated carbocycles. The van der Waals surface area contributed by atoms with Crippen LogP contribution in [0.2, 0.25) is 0 Å². The van der Waals surface area contributed by atoms with Crippen LogP contribution in [0.3, 0.4) is 0 Å². The molecule has 0 unspecified atom stereocenters. The van der Waals surface area contributed by atoms with Gasteiger partial charge in [0.2, 0.25) is 5.82 Å². The number of anilines is 2. The summed E-state index contributed by atoms with van der Waals surface area (Å²) in [7, 11) is 0. The Balaban J connectivity index is 1.61. The van der Waals surface area contributed by atoms with Crippen molar-refractivity contribution in [2.24, 2.45) is 0 Å². The Kier molecular flexibility index (Phi) is 4.75. The summed E-state index contributed by atoms with van der Waals surface area (Å²) in [6.07, 6.45) is -5.03. The fourth-order valence-electron chi connectivity index (χ4n) is 3.23. The highest BCUT2D eigenvalue weighted by Crippen LogP contribution is 2.32. The van der Waals surface area contributed by atoms with Gasteiger partial charge in [-0.15, -0.1) is 10.2 Å². The van der Waals surface area contributed by atoms with Crippen LogP contribution in [0.5, 0.6) is 0 Å². The molecular weight excluding hydrogens is 385 g/mol. The minimum Gasteiger partial charge on any atom is -0.389 e. The first-order chi connectivity index (χ1) is 13.8. The molecule has 0 bridgehead atoms. The normalized spacial score (nSPS) is 22.0. The molecule has 2 heterocycles. The van der Waals surface area contributed by atoms with E-state index in [0.29, 0.717) is 35.9 Å². The summed E-state index contributed by atoms with van der Waals surface area (Å²) in [5, 5.41) is 29.1. The highest BCUT2D eigenvalue weighted by molar-refractivity contribution is 5.77. The van der Waals surface area contributed by atoms with Gasteiger partial charge in [-0.1, -0.05) is 12.1 Å². The van der Waals surface area contributed by atoms with Gasteiger partial charge >= 0.3 is 6.18 Å². The number of aromatic nitrogens is 4. The average molecular weight is 404 g/mol. The van der Waals surface area contributed by atoms with Crippen LogP contribution in [0.25, 0.3) is 11.4 Å². The molecule has 1 saturated heterocycles. The Labute approximate surface area is 164 Å². The van der Waals surface area contributed by atoms with Crippen LogP contribution in [0.1, 0.15) is 12.5 Å². The maximum atomic E-state index is 12.8. The van der Waals surface area contributed by atoms with Crippen molar-refractivity contribution >= 4 is 11.4 Å². The fraction of sp³-hybridized carbons (Fsp3) is 0.316. The summed E-state index contributed by atoms with van der Waals surface area (Å²) < 4.78 is 38.3. The number of β-amino-alcohol motifs (C(OH)–C–C–N with tert-alkyl or cyclic N) is 1. The van der Waals surface area contributed by atoms with Crippen molar-refractivity contribution in [2.75, 3.05) is 18.4 Å². The van der Waals surface area contributed by atoms with Crippen LogP contribution >= 0.6 is 0 Å². The van der Waals surface area contributed by atoms with Crippen molar-refractivity contribution < 1.29 is 18.3 Å². The predicted molar refractivity (Wildman–Crippen MR) is 101 cm³/mol. The molecule has 1 aromatic heterocycles. The summed E-state index contributed by atoms with van der Waals surface area (Å²) >= 11 is 0. The SMILES string of the molecule is C[C@]1(n2nnc(-c3ccccc3Nc3ccc(C(F)(F)F)cc3)n2)CNC[C@@H]1O. The van der Waals surface area contributed by atoms with Crippen molar-refractivity contribution in [3.8, 4) is 11.4 Å². The summed E-state index contributed by atoms with van der Waals surface area (Å²) in [4.78, 5) is 1.40. The van der Waals surface area contributed by atoms with E-state index in [1.807, 2.05) is 13.0 Å². The third-order valence-electron chi connectivity index (χ3n) is 5.07. The molecule has 152 valence electrons. The van der Waals surface area contributed by atoms with E-state index in [9.17, 15) is 18.3 Å². The topological polar surface area (TPSA) is 87.9 Å². The maximum absolute atomic E-state index is 12.8. The Morgan fingerprint density at radius 3 is 2.55 bits per heavy atom. The molecule has 1 aliphatic rings. The Morgan fingerprint density at radius 2 is 1.90 bits per heavy atom. The lowest BCUT2D eigenvalue weighted by atomic mass is 10.00. The van der Waals surface area contributed by atoms with Crippen LogP contribution in [-0.2, 0) is 11.7 Å². The molecule has 3 N–H and O–H groups in total. The minimum atomic E-state index is -4.38. The van der Waals surface area contributed by atoms with Gasteiger partial charge in [0.05, 0.1) is 11.7 Å². The molecule has 29 heavy (non-hydrogen) atoms. The van der Waals surface area contributed by atoms with Gasteiger partial charge in [0.15, 0.2) is 0 Å². The van der Waals surface area contributed by atoms with E-state index in [1.165, 1.54) is 16.9 Å². The number of nitrogens with one attached hydrogen (secondary N) is 2. The molecule has 4 rings (SSSR count). The van der Waals surface area contributed by atoms with Crippen molar-refractivity contribution in [1.29, 1.82) is 0 Å². The zero-order chi connectivity index (χ0) is 20.6. The highest BCUT2D eigenvalue weighted by Gasteiger charge is 2.42. The molecule has 2 atom stereocenters. The first-order valence-corrected chi connectivity index (χ1v) is 9.00. The van der Waals surface area contributed by atoms with Gasteiger partial charge in [-0.25, -0.2) is 0 Å². The average Bonchev–Trinajstić information content (AvgIpc) is 3.30. The fourth-order valence-corrected chi connectivity index (χ4v) is 3.23. The highest BCUT2D eigenvalue weighted by atomic mass is 19.4. The zero-order valence-electron chi connectivity index (χ0n) is 15.5. The summed E-state index contributed by atoms with van der Waals surface area (Å²) in [6, 6.07) is 12.0. The van der Waals surface area contributed by atoms with Gasteiger partial charge in [0.25, 0.3) is 0 Å². The summed E-state index contributed by atoms with van der Waals surface area (Å²) in [5.74, 6) is 0.348. The molecule has 0 aliphatic carbocycles. The molecule has 0 radical (unpaired) electrons. The first kappa shape index (κ1) is 19.3. The number of nitrogens with zero attached hydrogens (tertiary/aromatic N) is 4. The lowest BCUT2D eigenvalue weighted by molar-refractivity contribution is -0.137. The molecule has 0 amide bonds. The van der Waals surface area contributed by atoms with Crippen LogP contribution in [0.15, 0.2) is 48.5 Å². The van der Waals surface area contributed by atoms with Crippen molar-refractivity contribution in [3.63, 3.8) is 0 Å². The number of halogens is 3. The molecule has 2 aromatic carbocycles. The summed E-state index contributed by atoms with van der Waals surface area (Å²) in [5.41, 5.74) is 0.351. The van der Waals surface area contributed by atoms with Gasteiger partial charge in [-0.05, 0) is 48.5 Å². The molecule has 7 nitrogen and oxygen atoms in total. The van der Waals surface area contributed by atoms with Crippen molar-refractivity contribution in [2.45, 2.75) is 24.7 Å². The lowest BCUT2D eigenvalue weighted by Crippen LogP contribution is -2.43. The maximum Gasteiger partial charge on any atom is 0.416 e. The second-order valence-corrected chi connectivity index (χ2v) is 7.15. The van der Waals surface area contributed by atoms with Gasteiger partial charge in [-0.2, -0.15) is 18.0 Å². The summed E-state index contributed by atoms with van der Waals surface area (Å²) in [6.45, 7) is 2.80. The van der Waals surface area contributed by atoms with Gasteiger partial charge in [0, 0.05) is 30.0 Å². The van der Waals surface area contributed by atoms with Crippen molar-refractivity contribution in [1.82, 2.24) is 25.5 Å². The number of hydrogen-bond acceptors (Lipinski definition) is 6. The number of aliphatic hydroxyl groups is 1. The third-order valence-corrected chi connectivity index (χ3v) is 5.07. The number of rotatable bonds is 4. The molecule has 1 aliphatic heterocycles. The number of alkyl halides is 3. The molecule has 3 aromatic rings. The van der Waals surface area contributed by atoms with Gasteiger partial charge < -0.3 is 15.7 Å². The minimum absolute atomic E-state index is 0.348. The molecular formula is C19H19F3N6O. The van der Waals surface area contributed by atoms with E-state index in [-0.39, 0.29) is 0 Å². The standard InChI is InChI=1S/C19H19F3N6O/c1-18(11-23-10-16(18)29)28-26-17(25-27-28)14-4-2-3-5-15(14)24-13-8-6-12(7-9-13)19(20,21)22/h2-9,16,23-24,29H,10-11H2,1H3/t16-,18-/m0/s1. The Morgan fingerprint density at radius 1 is 1.17 bits per heavy atom. The first-order valence-electron chi connectivity index (χ1n) is 9.00. The predicted octanol–water partition coefficient (Wildman–Crippen LogP) is 2.78. The van der Waals surface area contributed by atoms with Crippen molar-refractivity contribution in [3.05, 3.63) is 54.1 Å². The Hall–Kier alpha value is -2.98. The molecule has 10 heteroatoms. The quantitative estimate of drug-likeness (QED) is 0.620. The van der Waals surface area contributed by atoms with E-state index in [0.717, 1.165) is 12.1 Å². The number of para-hydroxylation sites is 1. The van der Waals surface area contributed by atoms with Crippen LogP contribution in [-0.4, -0.2) is 44.5 Å². The van der Waals surface area contributed by atoms with Crippen LogP contribution in [0, 0.1) is 0 Å². The Bertz CT molecular complexity index is 1000. The van der Waals surface area contributed by atoms with E-state index in [4.69, 9.17) is 0 Å². The molecule has 1 fully saturated rings. The van der Waals surface area contributed by atoms with E-state index in [1.54, 1.807) is 18.2 Å². The molecule has 0 spiro atoms. The lowest BCUT2D eigenvalue weighted by Gasteiger charge is -2.24. The van der Waals surface area contributed by atoms with Crippen LogP contribution < -0.4 is 10.6 Å². The number of hydrogen-bond donors (Lipinski definition) is 3. The third kappa shape index (κ3) is 3.68. The largest absolute Gasteiger partial charge is 0.416 e. The van der Waals surface area contributed by atoms with Gasteiger partial charge in [-0.3, -0.25) is 0 Å². The number of aliphatic hydroxyl groups excluding tert-OH is 1. The monoisotopic (exact) mass is 404 g/mol. The van der Waals surface area contributed by atoms with E-state index in [2.05, 4.69) is 26.0 Å². The second kappa shape index (κ2) is 7.12. The zero-order valence-corrected chi connectivity index (χ0v) is 15.5. The van der Waals surface area contributed by atoms with Gasteiger partial charge in [0.1, 0.15) is 5.54 Å². The van der Waals surface area contributed by atoms with E-state index < -0.39 is 23.4 Å². The van der Waals surface area contributed by atoms with Crippen LogP contribution in [0.4, 0.5) is 24.5 Å². The second-order valence-electron chi connectivity index (χ2n) is 7.15. The number of benzene rings is 2. The van der Waals surface area contributed by atoms with E-state index >= 15 is 0 Å².